The van der Waals surface area contributed by atoms with E-state index >= 15 is 0 Å². The third-order valence-electron chi connectivity index (χ3n) is 6.06. The Balaban J connectivity index is 1.35. The number of hydrogen-bond donors (Lipinski definition) is 1. The Morgan fingerprint density at radius 3 is 2.50 bits per heavy atom. The van der Waals surface area contributed by atoms with Gasteiger partial charge >= 0.3 is 0 Å². The summed E-state index contributed by atoms with van der Waals surface area (Å²) in [5, 5.41) is 3.90. The van der Waals surface area contributed by atoms with Gasteiger partial charge in [0, 0.05) is 49.4 Å². The SMILES string of the molecule is CC(C)c1nsc(N2CCC(N3CC[C@@H](Nc4ccc(S(C)(=O)=O)cc4F)C3=O)CC2)n1. The second kappa shape index (κ2) is 8.93. The molecule has 0 saturated carbocycles. The highest BCUT2D eigenvalue weighted by Crippen LogP contribution is 2.29. The molecule has 2 aliphatic rings. The minimum Gasteiger partial charge on any atom is -0.371 e. The Morgan fingerprint density at radius 2 is 1.91 bits per heavy atom. The summed E-state index contributed by atoms with van der Waals surface area (Å²) < 4.78 is 42.0. The first kappa shape index (κ1) is 22.9. The Morgan fingerprint density at radius 1 is 1.19 bits per heavy atom. The molecular weight excluding hydrogens is 453 g/mol. The predicted molar refractivity (Wildman–Crippen MR) is 122 cm³/mol. The molecule has 2 aliphatic heterocycles. The van der Waals surface area contributed by atoms with Gasteiger partial charge in [0.15, 0.2) is 9.84 Å². The maximum atomic E-state index is 14.4. The summed E-state index contributed by atoms with van der Waals surface area (Å²) >= 11 is 1.42. The monoisotopic (exact) mass is 481 g/mol. The van der Waals surface area contributed by atoms with Crippen molar-refractivity contribution in [3.63, 3.8) is 0 Å². The molecule has 11 heteroatoms. The summed E-state index contributed by atoms with van der Waals surface area (Å²) in [6.45, 7) is 6.42. The minimum absolute atomic E-state index is 0.0342. The first-order valence-electron chi connectivity index (χ1n) is 10.8. The Bertz CT molecular complexity index is 1100. The molecule has 0 aliphatic carbocycles. The standard InChI is InChI=1S/C21H28FN5O3S2/c1-13(2)19-24-21(31-25-19)26-9-6-14(7-10-26)27-11-8-18(20(27)28)23-17-5-4-15(12-16(17)22)32(3,29)30/h4-5,12-14,18,23H,6-11H2,1-3H3/t18-/m1/s1. The van der Waals surface area contributed by atoms with Gasteiger partial charge < -0.3 is 15.1 Å². The largest absolute Gasteiger partial charge is 0.371 e. The van der Waals surface area contributed by atoms with Crippen molar-refractivity contribution >= 4 is 38.1 Å². The van der Waals surface area contributed by atoms with Gasteiger partial charge in [-0.15, -0.1) is 0 Å². The van der Waals surface area contributed by atoms with Crippen LogP contribution in [0.2, 0.25) is 0 Å². The summed E-state index contributed by atoms with van der Waals surface area (Å²) in [7, 11) is -3.49. The van der Waals surface area contributed by atoms with E-state index in [1.54, 1.807) is 0 Å². The highest BCUT2D eigenvalue weighted by atomic mass is 32.2. The van der Waals surface area contributed by atoms with Crippen molar-refractivity contribution in [1.82, 2.24) is 14.3 Å². The number of benzene rings is 1. The predicted octanol–water partition coefficient (Wildman–Crippen LogP) is 2.89. The number of anilines is 2. The highest BCUT2D eigenvalue weighted by Gasteiger charge is 2.37. The normalized spacial score (nSPS) is 20.4. The molecule has 0 bridgehead atoms. The first-order valence-corrected chi connectivity index (χ1v) is 13.4. The zero-order chi connectivity index (χ0) is 23.0. The van der Waals surface area contributed by atoms with Crippen molar-refractivity contribution < 1.29 is 17.6 Å². The lowest BCUT2D eigenvalue weighted by Crippen LogP contribution is -2.47. The van der Waals surface area contributed by atoms with Crippen LogP contribution in [0.3, 0.4) is 0 Å². The number of nitrogens with zero attached hydrogens (tertiary/aromatic N) is 4. The van der Waals surface area contributed by atoms with Crippen LogP contribution < -0.4 is 10.2 Å². The fourth-order valence-electron chi connectivity index (χ4n) is 4.19. The highest BCUT2D eigenvalue weighted by molar-refractivity contribution is 7.90. The maximum absolute atomic E-state index is 14.4. The molecule has 1 N–H and O–H groups in total. The van der Waals surface area contributed by atoms with Crippen molar-refractivity contribution in [2.75, 3.05) is 36.1 Å². The average molecular weight is 482 g/mol. The Kier molecular flexibility index (Phi) is 6.39. The van der Waals surface area contributed by atoms with E-state index in [0.717, 1.165) is 49.2 Å². The lowest BCUT2D eigenvalue weighted by molar-refractivity contribution is -0.130. The molecular formula is C21H28FN5O3S2. The molecule has 0 radical (unpaired) electrons. The molecule has 0 spiro atoms. The van der Waals surface area contributed by atoms with E-state index in [2.05, 4.69) is 33.4 Å². The molecule has 1 atom stereocenters. The van der Waals surface area contributed by atoms with Crippen molar-refractivity contribution in [2.24, 2.45) is 0 Å². The molecule has 2 saturated heterocycles. The average Bonchev–Trinajstić information content (AvgIpc) is 3.37. The number of carbonyl (C=O) groups is 1. The molecule has 1 amide bonds. The van der Waals surface area contributed by atoms with Gasteiger partial charge in [-0.05, 0) is 37.5 Å². The third-order valence-corrected chi connectivity index (χ3v) is 7.96. The van der Waals surface area contributed by atoms with Crippen LogP contribution >= 0.6 is 11.5 Å². The fraction of sp³-hybridized carbons (Fsp3) is 0.571. The van der Waals surface area contributed by atoms with E-state index in [1.165, 1.54) is 23.7 Å². The van der Waals surface area contributed by atoms with E-state index in [4.69, 9.17) is 0 Å². The second-order valence-corrected chi connectivity index (χ2v) is 11.5. The van der Waals surface area contributed by atoms with Crippen molar-refractivity contribution in [2.45, 2.75) is 56.0 Å². The quantitative estimate of drug-likeness (QED) is 0.678. The second-order valence-electron chi connectivity index (χ2n) is 8.74. The molecule has 174 valence electrons. The van der Waals surface area contributed by atoms with Crippen LogP contribution in [0, 0.1) is 5.82 Å². The molecule has 2 fully saturated rings. The van der Waals surface area contributed by atoms with Crippen molar-refractivity contribution in [1.29, 1.82) is 0 Å². The molecule has 32 heavy (non-hydrogen) atoms. The smallest absolute Gasteiger partial charge is 0.245 e. The maximum Gasteiger partial charge on any atom is 0.245 e. The summed E-state index contributed by atoms with van der Waals surface area (Å²) in [5.41, 5.74) is 0.143. The Hall–Kier alpha value is -2.27. The molecule has 1 aromatic heterocycles. The third kappa shape index (κ3) is 4.73. The van der Waals surface area contributed by atoms with Crippen LogP contribution in [0.25, 0.3) is 0 Å². The minimum atomic E-state index is -3.49. The number of hydrogen-bond acceptors (Lipinski definition) is 8. The van der Waals surface area contributed by atoms with E-state index < -0.39 is 21.7 Å². The van der Waals surface area contributed by atoms with Crippen molar-refractivity contribution in [3.05, 3.63) is 29.8 Å². The summed E-state index contributed by atoms with van der Waals surface area (Å²) in [4.78, 5) is 21.7. The molecule has 4 rings (SSSR count). The number of piperidine rings is 1. The van der Waals surface area contributed by atoms with E-state index in [9.17, 15) is 17.6 Å². The van der Waals surface area contributed by atoms with E-state index in [1.807, 2.05) is 4.90 Å². The Labute approximate surface area is 191 Å². The molecule has 3 heterocycles. The first-order chi connectivity index (χ1) is 15.1. The number of nitrogens with one attached hydrogen (secondary N) is 1. The summed E-state index contributed by atoms with van der Waals surface area (Å²) in [5.74, 6) is 0.461. The number of likely N-dealkylation sites (tertiary alicyclic amines) is 1. The lowest BCUT2D eigenvalue weighted by Gasteiger charge is -2.36. The lowest BCUT2D eigenvalue weighted by atomic mass is 10.0. The number of amides is 1. The number of rotatable bonds is 6. The van der Waals surface area contributed by atoms with Gasteiger partial charge in [-0.25, -0.2) is 17.8 Å². The van der Waals surface area contributed by atoms with Gasteiger partial charge in [0.25, 0.3) is 0 Å². The molecule has 2 aromatic rings. The topological polar surface area (TPSA) is 95.5 Å². The zero-order valence-electron chi connectivity index (χ0n) is 18.4. The van der Waals surface area contributed by atoms with Crippen LogP contribution in [0.1, 0.15) is 44.9 Å². The van der Waals surface area contributed by atoms with Gasteiger partial charge in [0.2, 0.25) is 11.0 Å². The summed E-state index contributed by atoms with van der Waals surface area (Å²) in [6, 6.07) is 3.37. The van der Waals surface area contributed by atoms with E-state index in [-0.39, 0.29) is 22.5 Å². The van der Waals surface area contributed by atoms with Crippen LogP contribution in [0.4, 0.5) is 15.2 Å². The van der Waals surface area contributed by atoms with Gasteiger partial charge in [-0.2, -0.15) is 4.37 Å². The number of aromatic nitrogens is 2. The van der Waals surface area contributed by atoms with Crippen LogP contribution in [-0.4, -0.2) is 66.6 Å². The van der Waals surface area contributed by atoms with Gasteiger partial charge in [0.05, 0.1) is 10.6 Å². The van der Waals surface area contributed by atoms with E-state index in [0.29, 0.717) is 18.9 Å². The molecule has 1 aromatic carbocycles. The van der Waals surface area contributed by atoms with Crippen LogP contribution in [-0.2, 0) is 14.6 Å². The van der Waals surface area contributed by atoms with Gasteiger partial charge in [0.1, 0.15) is 17.7 Å². The molecule has 8 nitrogen and oxygen atoms in total. The van der Waals surface area contributed by atoms with Gasteiger partial charge in [-0.1, -0.05) is 13.8 Å². The number of sulfone groups is 1. The number of carbonyl (C=O) groups excluding carboxylic acids is 1. The zero-order valence-corrected chi connectivity index (χ0v) is 20.0. The van der Waals surface area contributed by atoms with Crippen molar-refractivity contribution in [3.8, 4) is 0 Å². The van der Waals surface area contributed by atoms with Crippen LogP contribution in [0.15, 0.2) is 23.1 Å². The van der Waals surface area contributed by atoms with Crippen LogP contribution in [0.5, 0.6) is 0 Å². The number of halogens is 1. The molecule has 0 unspecified atom stereocenters. The fourth-order valence-corrected chi connectivity index (χ4v) is 5.68. The summed E-state index contributed by atoms with van der Waals surface area (Å²) in [6.07, 6.45) is 3.33. The van der Waals surface area contributed by atoms with Gasteiger partial charge in [-0.3, -0.25) is 4.79 Å².